The Morgan fingerprint density at radius 1 is 1.21 bits per heavy atom. The van der Waals surface area contributed by atoms with Crippen molar-refractivity contribution in [1.29, 1.82) is 0 Å². The Morgan fingerprint density at radius 3 is 2.79 bits per heavy atom. The lowest BCUT2D eigenvalue weighted by molar-refractivity contribution is 0.318. The molecule has 1 aliphatic rings. The van der Waals surface area contributed by atoms with Crippen molar-refractivity contribution in [2.24, 2.45) is 0 Å². The second-order valence-electron chi connectivity index (χ2n) is 5.74. The first kappa shape index (κ1) is 16.8. The van der Waals surface area contributed by atoms with E-state index in [0.29, 0.717) is 5.13 Å². The third-order valence-electron chi connectivity index (χ3n) is 4.20. The van der Waals surface area contributed by atoms with Crippen LogP contribution in [0.5, 0.6) is 11.5 Å². The maximum absolute atomic E-state index is 5.80. The molecule has 128 valence electrons. The van der Waals surface area contributed by atoms with Crippen LogP contribution in [0.4, 0.5) is 5.13 Å². The number of nitrogens with zero attached hydrogens (tertiary/aromatic N) is 2. The molecule has 6 heteroatoms. The summed E-state index contributed by atoms with van der Waals surface area (Å²) in [5, 5.41) is 0.696. The smallest absolute Gasteiger partial charge is 0.180 e. The van der Waals surface area contributed by atoms with Crippen molar-refractivity contribution < 1.29 is 9.47 Å². The van der Waals surface area contributed by atoms with Gasteiger partial charge in [-0.05, 0) is 24.1 Å². The minimum Gasteiger partial charge on any atom is -0.493 e. The van der Waals surface area contributed by atoms with Crippen LogP contribution in [-0.2, 0) is 12.8 Å². The fraction of sp³-hybridized carbons (Fsp3) is 0.389. The fourth-order valence-corrected chi connectivity index (χ4v) is 3.77. The summed E-state index contributed by atoms with van der Waals surface area (Å²) in [5.74, 6) is 1.50. The molecule has 0 radical (unpaired) electrons. The van der Waals surface area contributed by atoms with Gasteiger partial charge >= 0.3 is 0 Å². The normalized spacial score (nSPS) is 15.2. The molecule has 0 fully saturated rings. The van der Waals surface area contributed by atoms with Crippen LogP contribution in [0.1, 0.15) is 16.1 Å². The highest BCUT2D eigenvalue weighted by Crippen LogP contribution is 2.28. The van der Waals surface area contributed by atoms with E-state index in [9.17, 15) is 0 Å². The highest BCUT2D eigenvalue weighted by Gasteiger charge is 2.16. The summed E-state index contributed by atoms with van der Waals surface area (Å²) >= 11 is 1.63. The molecular weight excluding hydrogens is 322 g/mol. The molecule has 2 aromatic rings. The second kappa shape index (κ2) is 7.68. The van der Waals surface area contributed by atoms with Crippen molar-refractivity contribution in [2.75, 3.05) is 39.6 Å². The summed E-state index contributed by atoms with van der Waals surface area (Å²) in [4.78, 5) is 8.23. The van der Waals surface area contributed by atoms with Crippen LogP contribution in [0, 0.1) is 0 Å². The molecule has 5 nitrogen and oxygen atoms in total. The van der Waals surface area contributed by atoms with E-state index in [1.165, 1.54) is 10.6 Å². The Bertz CT molecular complexity index is 702. The van der Waals surface area contributed by atoms with Crippen LogP contribution in [0.25, 0.3) is 6.08 Å². The molecular formula is C18H23N3O2S. The van der Waals surface area contributed by atoms with Crippen LogP contribution in [0.2, 0.25) is 0 Å². The average Bonchev–Trinajstić information content (AvgIpc) is 2.86. The molecule has 1 aromatic heterocycles. The highest BCUT2D eigenvalue weighted by molar-refractivity contribution is 7.15. The van der Waals surface area contributed by atoms with Crippen LogP contribution >= 0.6 is 11.3 Å². The lowest BCUT2D eigenvalue weighted by Crippen LogP contribution is -2.26. The number of anilines is 1. The molecule has 0 atom stereocenters. The predicted octanol–water partition coefficient (Wildman–Crippen LogP) is 2.86. The van der Waals surface area contributed by atoms with E-state index in [1.807, 2.05) is 18.2 Å². The maximum atomic E-state index is 5.80. The monoisotopic (exact) mass is 345 g/mol. The Labute approximate surface area is 146 Å². The van der Waals surface area contributed by atoms with Crippen molar-refractivity contribution in [2.45, 2.75) is 12.8 Å². The summed E-state index contributed by atoms with van der Waals surface area (Å²) in [6.07, 6.45) is 6.34. The minimum atomic E-state index is 0.696. The maximum Gasteiger partial charge on any atom is 0.180 e. The number of fused-ring (bicyclic) bond motifs is 1. The number of hydrogen-bond acceptors (Lipinski definition) is 6. The van der Waals surface area contributed by atoms with Gasteiger partial charge in [-0.25, -0.2) is 4.98 Å². The summed E-state index contributed by atoms with van der Waals surface area (Å²) in [5.41, 5.74) is 8.09. The van der Waals surface area contributed by atoms with E-state index < -0.39 is 0 Å². The Morgan fingerprint density at radius 2 is 2.00 bits per heavy atom. The van der Waals surface area contributed by atoms with E-state index in [0.717, 1.165) is 49.5 Å². The third-order valence-corrected chi connectivity index (χ3v) is 5.18. The van der Waals surface area contributed by atoms with Crippen LogP contribution in [0.15, 0.2) is 24.3 Å². The number of hydrogen-bond donors (Lipinski definition) is 1. The van der Waals surface area contributed by atoms with Crippen LogP contribution < -0.4 is 15.2 Å². The van der Waals surface area contributed by atoms with Gasteiger partial charge in [-0.2, -0.15) is 0 Å². The minimum absolute atomic E-state index is 0.696. The number of thiazole rings is 1. The summed E-state index contributed by atoms with van der Waals surface area (Å²) < 4.78 is 10.6. The van der Waals surface area contributed by atoms with Crippen molar-refractivity contribution in [3.05, 3.63) is 40.4 Å². The SMILES string of the molecule is COc1ccc(C=CCN2CCc3nc(N)sc3CC2)cc1OC. The van der Waals surface area contributed by atoms with Crippen molar-refractivity contribution >= 4 is 22.5 Å². The molecule has 0 saturated heterocycles. The number of methoxy groups -OCH3 is 2. The predicted molar refractivity (Wildman–Crippen MR) is 99.0 cm³/mol. The fourth-order valence-electron chi connectivity index (χ4n) is 2.91. The third kappa shape index (κ3) is 3.88. The van der Waals surface area contributed by atoms with E-state index in [4.69, 9.17) is 15.2 Å². The molecule has 24 heavy (non-hydrogen) atoms. The van der Waals surface area contributed by atoms with Crippen molar-refractivity contribution in [1.82, 2.24) is 9.88 Å². The van der Waals surface area contributed by atoms with Gasteiger partial charge in [0.05, 0.1) is 19.9 Å². The summed E-state index contributed by atoms with van der Waals surface area (Å²) in [6.45, 7) is 3.00. The van der Waals surface area contributed by atoms with Crippen LogP contribution in [-0.4, -0.2) is 43.7 Å². The number of ether oxygens (including phenoxy) is 2. The number of nitrogen functional groups attached to an aromatic ring is 1. The van der Waals surface area contributed by atoms with Gasteiger partial charge in [0.1, 0.15) is 0 Å². The van der Waals surface area contributed by atoms with E-state index >= 15 is 0 Å². The molecule has 2 N–H and O–H groups in total. The van der Waals surface area contributed by atoms with Gasteiger partial charge in [-0.15, -0.1) is 11.3 Å². The Hall–Kier alpha value is -2.05. The van der Waals surface area contributed by atoms with Crippen molar-refractivity contribution in [3.8, 4) is 11.5 Å². The number of rotatable bonds is 5. The first-order chi connectivity index (χ1) is 11.7. The molecule has 0 aliphatic carbocycles. The average molecular weight is 345 g/mol. The van der Waals surface area contributed by atoms with Gasteiger partial charge in [0.15, 0.2) is 16.6 Å². The van der Waals surface area contributed by atoms with Gasteiger partial charge < -0.3 is 15.2 Å². The lowest BCUT2D eigenvalue weighted by Gasteiger charge is -2.17. The van der Waals surface area contributed by atoms with Gasteiger partial charge in [0, 0.05) is 30.9 Å². The van der Waals surface area contributed by atoms with Gasteiger partial charge in [-0.1, -0.05) is 18.2 Å². The van der Waals surface area contributed by atoms with E-state index in [1.54, 1.807) is 25.6 Å². The summed E-state index contributed by atoms with van der Waals surface area (Å²) in [6, 6.07) is 5.95. The standard InChI is InChI=1S/C18H23N3O2S/c1-22-15-6-5-13(12-16(15)23-2)4-3-9-21-10-7-14-17(8-11-21)24-18(19)20-14/h3-6,12H,7-11H2,1-2H3,(H2,19,20). The van der Waals surface area contributed by atoms with E-state index in [2.05, 4.69) is 22.0 Å². The highest BCUT2D eigenvalue weighted by atomic mass is 32.1. The molecule has 0 spiro atoms. The zero-order valence-electron chi connectivity index (χ0n) is 14.1. The Balaban J connectivity index is 1.58. The van der Waals surface area contributed by atoms with Crippen molar-refractivity contribution in [3.63, 3.8) is 0 Å². The second-order valence-corrected chi connectivity index (χ2v) is 6.85. The van der Waals surface area contributed by atoms with Crippen LogP contribution in [0.3, 0.4) is 0 Å². The zero-order chi connectivity index (χ0) is 16.9. The molecule has 0 bridgehead atoms. The zero-order valence-corrected chi connectivity index (χ0v) is 14.9. The molecule has 0 unspecified atom stereocenters. The first-order valence-electron chi connectivity index (χ1n) is 8.04. The largest absolute Gasteiger partial charge is 0.493 e. The summed E-state index contributed by atoms with van der Waals surface area (Å²) in [7, 11) is 3.30. The Kier molecular flexibility index (Phi) is 5.37. The lowest BCUT2D eigenvalue weighted by atomic mass is 10.2. The molecule has 2 heterocycles. The van der Waals surface area contributed by atoms with Gasteiger partial charge in [0.2, 0.25) is 0 Å². The topological polar surface area (TPSA) is 60.6 Å². The van der Waals surface area contributed by atoms with Gasteiger partial charge in [0.25, 0.3) is 0 Å². The quantitative estimate of drug-likeness (QED) is 0.903. The molecule has 0 amide bonds. The first-order valence-corrected chi connectivity index (χ1v) is 8.86. The molecule has 0 saturated carbocycles. The number of nitrogens with two attached hydrogens (primary N) is 1. The molecule has 1 aliphatic heterocycles. The number of aromatic nitrogens is 1. The molecule has 1 aromatic carbocycles. The molecule has 3 rings (SSSR count). The number of benzene rings is 1. The van der Waals surface area contributed by atoms with Gasteiger partial charge in [-0.3, -0.25) is 4.90 Å². The van der Waals surface area contributed by atoms with E-state index in [-0.39, 0.29) is 0 Å².